The molecule has 1 aliphatic rings. The lowest BCUT2D eigenvalue weighted by Crippen LogP contribution is -2.53. The van der Waals surface area contributed by atoms with Gasteiger partial charge in [-0.05, 0) is 49.6 Å². The van der Waals surface area contributed by atoms with Crippen molar-refractivity contribution in [1.29, 1.82) is 0 Å². The van der Waals surface area contributed by atoms with E-state index in [4.69, 9.17) is 0 Å². The summed E-state index contributed by atoms with van der Waals surface area (Å²) in [4.78, 5) is 25.2. The van der Waals surface area contributed by atoms with E-state index in [2.05, 4.69) is 10.6 Å². The van der Waals surface area contributed by atoms with Crippen LogP contribution < -0.4 is 10.6 Å². The van der Waals surface area contributed by atoms with Crippen LogP contribution in [-0.4, -0.2) is 49.4 Å². The summed E-state index contributed by atoms with van der Waals surface area (Å²) >= 11 is 0. The minimum Gasteiger partial charge on any atom is -0.504 e. The van der Waals surface area contributed by atoms with Gasteiger partial charge in [-0.25, -0.2) is 0 Å². The van der Waals surface area contributed by atoms with Gasteiger partial charge in [0.25, 0.3) is 11.8 Å². The van der Waals surface area contributed by atoms with E-state index in [0.29, 0.717) is 18.4 Å². The Hall–Kier alpha value is -3.62. The molecule has 30 heavy (non-hydrogen) atoms. The first-order valence-electron chi connectivity index (χ1n) is 9.56. The van der Waals surface area contributed by atoms with E-state index in [0.717, 1.165) is 25.0 Å². The number of benzene rings is 2. The Morgan fingerprint density at radius 3 is 1.57 bits per heavy atom. The van der Waals surface area contributed by atoms with Crippen LogP contribution in [0, 0.1) is 6.92 Å². The van der Waals surface area contributed by atoms with E-state index < -0.39 is 29.1 Å². The summed E-state index contributed by atoms with van der Waals surface area (Å²) in [5.41, 5.74) is 0.518. The minimum atomic E-state index is -0.707. The molecule has 1 fully saturated rings. The second-order valence-corrected chi connectivity index (χ2v) is 7.47. The van der Waals surface area contributed by atoms with E-state index in [9.17, 15) is 35.1 Å². The Morgan fingerprint density at radius 1 is 0.733 bits per heavy atom. The average molecular weight is 416 g/mol. The van der Waals surface area contributed by atoms with Crippen LogP contribution in [0.4, 0.5) is 0 Å². The minimum absolute atomic E-state index is 0.0301. The third kappa shape index (κ3) is 4.35. The van der Waals surface area contributed by atoms with E-state index >= 15 is 0 Å². The SMILES string of the molecule is Cc1cc(C(=O)N[C@H]2CCCC[C@H]2NC(=O)c2cc(O)c(O)c(O)c2)cc(O)c1O. The second kappa shape index (κ2) is 8.40. The highest BCUT2D eigenvalue weighted by Crippen LogP contribution is 2.35. The molecule has 0 unspecified atom stereocenters. The van der Waals surface area contributed by atoms with Gasteiger partial charge in [-0.2, -0.15) is 0 Å². The predicted octanol–water partition coefficient (Wildman–Crippen LogP) is 1.99. The lowest BCUT2D eigenvalue weighted by Gasteiger charge is -2.33. The Labute approximate surface area is 172 Å². The van der Waals surface area contributed by atoms with Crippen LogP contribution in [0.2, 0.25) is 0 Å². The molecular formula is C21H24N2O7. The van der Waals surface area contributed by atoms with Gasteiger partial charge in [0.05, 0.1) is 0 Å². The fourth-order valence-electron chi connectivity index (χ4n) is 3.61. The largest absolute Gasteiger partial charge is 0.504 e. The molecule has 2 aromatic carbocycles. The summed E-state index contributed by atoms with van der Waals surface area (Å²) in [6.07, 6.45) is 2.96. The molecule has 3 rings (SSSR count). The maximum absolute atomic E-state index is 12.6. The molecule has 9 heteroatoms. The predicted molar refractivity (Wildman–Crippen MR) is 107 cm³/mol. The fourth-order valence-corrected chi connectivity index (χ4v) is 3.61. The normalized spacial score (nSPS) is 18.6. The summed E-state index contributed by atoms with van der Waals surface area (Å²) in [6.45, 7) is 1.57. The molecule has 0 bridgehead atoms. The number of phenols is 5. The number of aromatic hydroxyl groups is 5. The molecule has 0 heterocycles. The number of carbonyl (C=O) groups is 2. The molecular weight excluding hydrogens is 392 g/mol. The quantitative estimate of drug-likeness (QED) is 0.375. The monoisotopic (exact) mass is 416 g/mol. The summed E-state index contributed by atoms with van der Waals surface area (Å²) in [5, 5.41) is 53.7. The summed E-state index contributed by atoms with van der Waals surface area (Å²) in [7, 11) is 0. The molecule has 0 radical (unpaired) electrons. The van der Waals surface area contributed by atoms with Crippen molar-refractivity contribution >= 4 is 11.8 Å². The third-order valence-corrected chi connectivity index (χ3v) is 5.27. The zero-order valence-corrected chi connectivity index (χ0v) is 16.3. The topological polar surface area (TPSA) is 159 Å². The van der Waals surface area contributed by atoms with Crippen LogP contribution in [0.25, 0.3) is 0 Å². The highest BCUT2D eigenvalue weighted by Gasteiger charge is 2.29. The molecule has 2 aromatic rings. The standard InChI is InChI=1S/C21H24N2O7/c1-10-6-11(7-15(24)18(10)27)20(29)22-13-4-2-3-5-14(13)23-21(30)12-8-16(25)19(28)17(26)9-12/h6-9,13-14,24-28H,2-5H2,1H3,(H,22,29)(H,23,30)/t13-,14+/m0/s1. The highest BCUT2D eigenvalue weighted by molar-refractivity contribution is 5.97. The van der Waals surface area contributed by atoms with Gasteiger partial charge in [0.1, 0.15) is 0 Å². The average Bonchev–Trinajstić information content (AvgIpc) is 2.70. The first kappa shape index (κ1) is 21.1. The fraction of sp³-hybridized carbons (Fsp3) is 0.333. The molecule has 1 saturated carbocycles. The third-order valence-electron chi connectivity index (χ3n) is 5.27. The number of nitrogens with one attached hydrogen (secondary N) is 2. The highest BCUT2D eigenvalue weighted by atomic mass is 16.3. The number of amides is 2. The van der Waals surface area contributed by atoms with Gasteiger partial charge in [-0.1, -0.05) is 12.8 Å². The van der Waals surface area contributed by atoms with Crippen molar-refractivity contribution in [2.45, 2.75) is 44.7 Å². The van der Waals surface area contributed by atoms with Gasteiger partial charge in [0.15, 0.2) is 28.7 Å². The van der Waals surface area contributed by atoms with Crippen LogP contribution in [0.1, 0.15) is 52.0 Å². The van der Waals surface area contributed by atoms with Crippen molar-refractivity contribution < 1.29 is 35.1 Å². The van der Waals surface area contributed by atoms with Gasteiger partial charge in [0.2, 0.25) is 0 Å². The van der Waals surface area contributed by atoms with Crippen LogP contribution >= 0.6 is 0 Å². The lowest BCUT2D eigenvalue weighted by molar-refractivity contribution is 0.0862. The van der Waals surface area contributed by atoms with Crippen molar-refractivity contribution in [2.24, 2.45) is 0 Å². The Morgan fingerprint density at radius 2 is 1.13 bits per heavy atom. The molecule has 7 N–H and O–H groups in total. The zero-order chi connectivity index (χ0) is 22.0. The van der Waals surface area contributed by atoms with Crippen LogP contribution in [0.3, 0.4) is 0 Å². The first-order valence-corrected chi connectivity index (χ1v) is 9.56. The van der Waals surface area contributed by atoms with E-state index in [1.807, 2.05) is 0 Å². The van der Waals surface area contributed by atoms with E-state index in [1.165, 1.54) is 12.1 Å². The molecule has 2 atom stereocenters. The molecule has 9 nitrogen and oxygen atoms in total. The van der Waals surface area contributed by atoms with Gasteiger partial charge < -0.3 is 36.2 Å². The van der Waals surface area contributed by atoms with Crippen molar-refractivity contribution in [2.75, 3.05) is 0 Å². The molecule has 0 spiro atoms. The van der Waals surface area contributed by atoms with Crippen LogP contribution in [0.15, 0.2) is 24.3 Å². The summed E-state index contributed by atoms with van der Waals surface area (Å²) in [5.74, 6) is -3.62. The Kier molecular flexibility index (Phi) is 5.91. The molecule has 0 saturated heterocycles. The summed E-state index contributed by atoms with van der Waals surface area (Å²) < 4.78 is 0. The van der Waals surface area contributed by atoms with Gasteiger partial charge >= 0.3 is 0 Å². The number of phenolic OH excluding ortho intramolecular Hbond substituents is 5. The maximum atomic E-state index is 12.6. The molecule has 0 aliphatic heterocycles. The number of hydrogen-bond donors (Lipinski definition) is 7. The van der Waals surface area contributed by atoms with Crippen LogP contribution in [-0.2, 0) is 0 Å². The van der Waals surface area contributed by atoms with Gasteiger partial charge in [-0.3, -0.25) is 9.59 Å². The maximum Gasteiger partial charge on any atom is 0.251 e. The molecule has 0 aromatic heterocycles. The number of carbonyl (C=O) groups excluding carboxylic acids is 2. The number of aryl methyl sites for hydroxylation is 1. The van der Waals surface area contributed by atoms with E-state index in [1.54, 1.807) is 6.92 Å². The second-order valence-electron chi connectivity index (χ2n) is 7.47. The lowest BCUT2D eigenvalue weighted by atomic mass is 9.89. The molecule has 2 amide bonds. The van der Waals surface area contributed by atoms with Crippen molar-refractivity contribution in [3.8, 4) is 28.7 Å². The number of hydrogen-bond acceptors (Lipinski definition) is 7. The molecule has 1 aliphatic carbocycles. The summed E-state index contributed by atoms with van der Waals surface area (Å²) in [6, 6.07) is 3.97. The van der Waals surface area contributed by atoms with Crippen molar-refractivity contribution in [3.05, 3.63) is 41.0 Å². The van der Waals surface area contributed by atoms with Crippen molar-refractivity contribution in [3.63, 3.8) is 0 Å². The smallest absolute Gasteiger partial charge is 0.251 e. The molecule has 160 valence electrons. The Balaban J connectivity index is 1.73. The van der Waals surface area contributed by atoms with Crippen LogP contribution in [0.5, 0.6) is 28.7 Å². The van der Waals surface area contributed by atoms with Gasteiger partial charge in [0, 0.05) is 23.2 Å². The Bertz CT molecular complexity index is 864. The van der Waals surface area contributed by atoms with Crippen molar-refractivity contribution in [1.82, 2.24) is 10.6 Å². The van der Waals surface area contributed by atoms with Gasteiger partial charge in [-0.15, -0.1) is 0 Å². The first-order chi connectivity index (χ1) is 14.2. The van der Waals surface area contributed by atoms with E-state index in [-0.39, 0.29) is 34.7 Å². The number of rotatable bonds is 4. The zero-order valence-electron chi connectivity index (χ0n) is 16.3.